The van der Waals surface area contributed by atoms with E-state index in [1.165, 1.54) is 62.9 Å². The molecule has 0 radical (unpaired) electrons. The number of fused-ring (bicyclic) bond motifs is 2. The van der Waals surface area contributed by atoms with E-state index < -0.39 is 8.07 Å². The Morgan fingerprint density at radius 1 is 0.774 bits per heavy atom. The highest BCUT2D eigenvalue weighted by Crippen LogP contribution is 2.33. The van der Waals surface area contributed by atoms with Gasteiger partial charge in [-0.3, -0.25) is 0 Å². The predicted molar refractivity (Wildman–Crippen MR) is 135 cm³/mol. The van der Waals surface area contributed by atoms with Gasteiger partial charge in [-0.2, -0.15) is 4.57 Å². The third-order valence-electron chi connectivity index (χ3n) is 7.45. The number of rotatable bonds is 3. The molecule has 0 N–H and O–H groups in total. The van der Waals surface area contributed by atoms with Crippen molar-refractivity contribution in [3.63, 3.8) is 0 Å². The second kappa shape index (κ2) is 7.46. The van der Waals surface area contributed by atoms with Gasteiger partial charge in [-0.1, -0.05) is 72.0 Å². The summed E-state index contributed by atoms with van der Waals surface area (Å²) in [7, 11) is 0.484. The maximum Gasteiger partial charge on any atom is 0.220 e. The van der Waals surface area contributed by atoms with E-state index in [0.29, 0.717) is 0 Å². The Bertz CT molecular complexity index is 1300. The quantitative estimate of drug-likeness (QED) is 0.313. The van der Waals surface area contributed by atoms with E-state index in [-0.39, 0.29) is 0 Å². The van der Waals surface area contributed by atoms with Crippen molar-refractivity contribution in [1.82, 2.24) is 0 Å². The number of hydrogen-bond donors (Lipinski definition) is 0. The number of pyridine rings is 1. The lowest BCUT2D eigenvalue weighted by Crippen LogP contribution is -2.52. The molecule has 1 aromatic heterocycles. The Hall–Kier alpha value is -2.71. The molecule has 0 unspecified atom stereocenters. The van der Waals surface area contributed by atoms with Crippen molar-refractivity contribution in [1.29, 1.82) is 0 Å². The van der Waals surface area contributed by atoms with Gasteiger partial charge < -0.3 is 0 Å². The van der Waals surface area contributed by atoms with E-state index in [2.05, 4.69) is 105 Å². The molecule has 156 valence electrons. The molecule has 0 atom stereocenters. The summed E-state index contributed by atoms with van der Waals surface area (Å²) in [5.74, 6) is 0. The first kappa shape index (κ1) is 20.2. The second-order valence-electron chi connectivity index (χ2n) is 9.78. The summed E-state index contributed by atoms with van der Waals surface area (Å²) in [6.07, 6.45) is 3.75. The minimum absolute atomic E-state index is 1.22. The SMILES string of the molecule is Cc1cc2c(cc1-c1c3ccc([Si](C)(C)c4ccccc4)cc3cc(C)[n+]1C)CCC2. The molecular weight excluding hydrogens is 390 g/mol. The summed E-state index contributed by atoms with van der Waals surface area (Å²) in [5, 5.41) is 5.70. The third-order valence-corrected chi connectivity index (χ3v) is 11.0. The van der Waals surface area contributed by atoms with Gasteiger partial charge in [0.15, 0.2) is 5.69 Å². The number of nitrogens with zero attached hydrogens (tertiary/aromatic N) is 1. The maximum atomic E-state index is 2.47. The van der Waals surface area contributed by atoms with Crippen LogP contribution in [0.25, 0.3) is 22.0 Å². The number of aromatic nitrogens is 1. The van der Waals surface area contributed by atoms with Crippen LogP contribution in [0.1, 0.15) is 28.8 Å². The molecule has 0 amide bonds. The summed E-state index contributed by atoms with van der Waals surface area (Å²) >= 11 is 0. The summed E-state index contributed by atoms with van der Waals surface area (Å²) in [4.78, 5) is 0. The Kier molecular flexibility index (Phi) is 4.86. The second-order valence-corrected chi connectivity index (χ2v) is 14.2. The van der Waals surface area contributed by atoms with Crippen LogP contribution in [-0.2, 0) is 19.9 Å². The van der Waals surface area contributed by atoms with E-state index in [4.69, 9.17) is 0 Å². The summed E-state index contributed by atoms with van der Waals surface area (Å²) in [6, 6.07) is 25.6. The van der Waals surface area contributed by atoms with Crippen LogP contribution in [0.3, 0.4) is 0 Å². The Balaban J connectivity index is 1.72. The molecular formula is C29H32NSi+. The molecule has 2 heteroatoms. The zero-order valence-electron chi connectivity index (χ0n) is 19.4. The molecule has 1 aliphatic carbocycles. The number of hydrogen-bond acceptors (Lipinski definition) is 0. The Morgan fingerprint density at radius 3 is 2.23 bits per heavy atom. The first-order valence-electron chi connectivity index (χ1n) is 11.5. The molecule has 5 rings (SSSR count). The zero-order chi connectivity index (χ0) is 21.8. The van der Waals surface area contributed by atoms with Gasteiger partial charge in [0.2, 0.25) is 5.69 Å². The predicted octanol–water partition coefficient (Wildman–Crippen LogP) is 5.26. The van der Waals surface area contributed by atoms with Gasteiger partial charge in [0.05, 0.1) is 10.9 Å². The highest BCUT2D eigenvalue weighted by Gasteiger charge is 2.28. The van der Waals surface area contributed by atoms with Gasteiger partial charge in [-0.25, -0.2) is 0 Å². The van der Waals surface area contributed by atoms with Crippen LogP contribution in [0.4, 0.5) is 0 Å². The van der Waals surface area contributed by atoms with Crippen molar-refractivity contribution in [2.24, 2.45) is 7.05 Å². The van der Waals surface area contributed by atoms with Crippen LogP contribution < -0.4 is 14.9 Å². The normalized spacial score (nSPS) is 13.6. The van der Waals surface area contributed by atoms with Crippen LogP contribution in [-0.4, -0.2) is 8.07 Å². The first-order chi connectivity index (χ1) is 14.9. The molecule has 4 aromatic rings. The zero-order valence-corrected chi connectivity index (χ0v) is 20.4. The van der Waals surface area contributed by atoms with Crippen molar-refractivity contribution in [2.45, 2.75) is 46.2 Å². The number of aryl methyl sites for hydroxylation is 4. The van der Waals surface area contributed by atoms with Crippen molar-refractivity contribution in [2.75, 3.05) is 0 Å². The fourth-order valence-electron chi connectivity index (χ4n) is 5.32. The average Bonchev–Trinajstić information content (AvgIpc) is 3.22. The highest BCUT2D eigenvalue weighted by molar-refractivity contribution is 7.00. The average molecular weight is 423 g/mol. The van der Waals surface area contributed by atoms with Gasteiger partial charge >= 0.3 is 0 Å². The largest absolute Gasteiger partial charge is 0.220 e. The monoisotopic (exact) mass is 422 g/mol. The molecule has 0 saturated heterocycles. The van der Waals surface area contributed by atoms with Crippen LogP contribution in [0.2, 0.25) is 13.1 Å². The van der Waals surface area contributed by atoms with E-state index in [1.807, 2.05) is 0 Å². The molecule has 3 aromatic carbocycles. The standard InChI is InChI=1S/C29H32NSi/c1-20-16-22-10-9-11-23(22)19-28(20)29-27-15-14-26(18-24(27)17-21(2)30(29)3)31(4,5)25-12-7-6-8-13-25/h6-8,12-19H,9-11H2,1-5H3/q+1. The minimum Gasteiger partial charge on any atom is -0.198 e. The Morgan fingerprint density at radius 2 is 1.48 bits per heavy atom. The molecule has 0 aliphatic heterocycles. The van der Waals surface area contributed by atoms with Crippen molar-refractivity contribution in [3.8, 4) is 11.3 Å². The maximum absolute atomic E-state index is 2.47. The van der Waals surface area contributed by atoms with Gasteiger partial charge in [-0.05, 0) is 60.4 Å². The van der Waals surface area contributed by atoms with Crippen LogP contribution in [0.5, 0.6) is 0 Å². The summed E-state index contributed by atoms with van der Waals surface area (Å²) in [6.45, 7) is 9.44. The molecule has 1 nitrogen and oxygen atoms in total. The summed E-state index contributed by atoms with van der Waals surface area (Å²) < 4.78 is 2.38. The lowest BCUT2D eigenvalue weighted by molar-refractivity contribution is -0.665. The molecule has 0 bridgehead atoms. The van der Waals surface area contributed by atoms with Crippen molar-refractivity contribution >= 4 is 29.2 Å². The molecule has 31 heavy (non-hydrogen) atoms. The topological polar surface area (TPSA) is 3.88 Å². The fraction of sp³-hybridized carbons (Fsp3) is 0.276. The third kappa shape index (κ3) is 3.34. The van der Waals surface area contributed by atoms with Gasteiger partial charge in [0.25, 0.3) is 0 Å². The molecule has 0 saturated carbocycles. The fourth-order valence-corrected chi connectivity index (χ4v) is 7.69. The van der Waals surface area contributed by atoms with Crippen molar-refractivity contribution < 1.29 is 4.57 Å². The van der Waals surface area contributed by atoms with E-state index in [9.17, 15) is 0 Å². The van der Waals surface area contributed by atoms with Gasteiger partial charge in [0, 0.05) is 13.0 Å². The lowest BCUT2D eigenvalue weighted by atomic mass is 9.95. The van der Waals surface area contributed by atoms with E-state index in [1.54, 1.807) is 11.1 Å². The first-order valence-corrected chi connectivity index (χ1v) is 14.5. The van der Waals surface area contributed by atoms with Crippen LogP contribution in [0, 0.1) is 13.8 Å². The molecule has 0 spiro atoms. The van der Waals surface area contributed by atoms with Gasteiger partial charge in [-0.15, -0.1) is 0 Å². The van der Waals surface area contributed by atoms with Crippen LogP contribution >= 0.6 is 0 Å². The smallest absolute Gasteiger partial charge is 0.198 e. The summed E-state index contributed by atoms with van der Waals surface area (Å²) in [5.41, 5.74) is 8.55. The highest BCUT2D eigenvalue weighted by atomic mass is 28.3. The minimum atomic E-state index is -1.73. The molecule has 1 aliphatic rings. The Labute approximate surface area is 187 Å². The van der Waals surface area contributed by atoms with Gasteiger partial charge in [0.1, 0.15) is 15.1 Å². The molecule has 1 heterocycles. The van der Waals surface area contributed by atoms with E-state index in [0.717, 1.165) is 0 Å². The number of benzene rings is 3. The lowest BCUT2D eigenvalue weighted by Gasteiger charge is -2.24. The van der Waals surface area contributed by atoms with Crippen LogP contribution in [0.15, 0.2) is 66.7 Å². The van der Waals surface area contributed by atoms with Crippen molar-refractivity contribution in [3.05, 3.63) is 89.1 Å². The molecule has 0 fully saturated rings. The van der Waals surface area contributed by atoms with E-state index >= 15 is 0 Å².